The quantitative estimate of drug-likeness (QED) is 0.782. The van der Waals surface area contributed by atoms with Crippen LogP contribution in [0.25, 0.3) is 0 Å². The number of morpholine rings is 1. The van der Waals surface area contributed by atoms with Crippen molar-refractivity contribution in [2.75, 3.05) is 39.4 Å². The molecule has 7 heteroatoms. The molecule has 0 unspecified atom stereocenters. The Bertz CT molecular complexity index is 497. The van der Waals surface area contributed by atoms with Gasteiger partial charge in [-0.3, -0.25) is 9.69 Å². The fraction of sp³-hybridized carbons (Fsp3) is 0.533. The van der Waals surface area contributed by atoms with Gasteiger partial charge >= 0.3 is 0 Å². The summed E-state index contributed by atoms with van der Waals surface area (Å²) >= 11 is 0. The Kier molecular flexibility index (Phi) is 6.09. The van der Waals surface area contributed by atoms with Crippen LogP contribution in [-0.2, 0) is 4.74 Å². The van der Waals surface area contributed by atoms with Gasteiger partial charge in [-0.05, 0) is 19.4 Å². The number of ether oxygens (including phenoxy) is 1. The second-order valence-corrected chi connectivity index (χ2v) is 5.20. The van der Waals surface area contributed by atoms with Gasteiger partial charge in [0.1, 0.15) is 22.9 Å². The average molecular weight is 314 g/mol. The van der Waals surface area contributed by atoms with Gasteiger partial charge in [0, 0.05) is 31.8 Å². The van der Waals surface area contributed by atoms with Crippen LogP contribution < -0.4 is 5.32 Å². The fourth-order valence-electron chi connectivity index (χ4n) is 2.36. The maximum atomic E-state index is 13.5. The molecule has 0 bridgehead atoms. The van der Waals surface area contributed by atoms with E-state index in [1.807, 2.05) is 0 Å². The summed E-state index contributed by atoms with van der Waals surface area (Å²) in [7, 11) is 0. The lowest BCUT2D eigenvalue weighted by Crippen LogP contribution is -2.37. The van der Waals surface area contributed by atoms with Gasteiger partial charge in [0.05, 0.1) is 13.2 Å². The molecule has 0 radical (unpaired) electrons. The lowest BCUT2D eigenvalue weighted by molar-refractivity contribution is 0.0372. The summed E-state index contributed by atoms with van der Waals surface area (Å²) < 4.78 is 31.6. The highest BCUT2D eigenvalue weighted by atomic mass is 19.1. The molecule has 5 nitrogen and oxygen atoms in total. The molecule has 0 aliphatic carbocycles. The molecular formula is C15H20F2N2O3. The lowest BCUT2D eigenvalue weighted by atomic mass is 10.1. The largest absolute Gasteiger partial charge is 0.507 e. The number of halogens is 2. The number of amides is 1. The summed E-state index contributed by atoms with van der Waals surface area (Å²) in [6.45, 7) is 4.64. The number of rotatable bonds is 6. The molecule has 1 heterocycles. The number of carbonyl (C=O) groups excluding carboxylic acids is 1. The van der Waals surface area contributed by atoms with Gasteiger partial charge in [0.2, 0.25) is 0 Å². The van der Waals surface area contributed by atoms with Crippen LogP contribution in [0.4, 0.5) is 8.78 Å². The van der Waals surface area contributed by atoms with Crippen molar-refractivity contribution in [3.63, 3.8) is 0 Å². The summed E-state index contributed by atoms with van der Waals surface area (Å²) in [4.78, 5) is 14.1. The van der Waals surface area contributed by atoms with Crippen molar-refractivity contribution in [3.8, 4) is 5.75 Å². The molecule has 0 atom stereocenters. The van der Waals surface area contributed by atoms with Crippen LogP contribution in [0.3, 0.4) is 0 Å². The van der Waals surface area contributed by atoms with E-state index >= 15 is 0 Å². The van der Waals surface area contributed by atoms with E-state index in [9.17, 15) is 18.7 Å². The lowest BCUT2D eigenvalue weighted by Gasteiger charge is -2.26. The number of benzene rings is 1. The zero-order valence-electron chi connectivity index (χ0n) is 12.3. The number of nitrogens with one attached hydrogen (secondary N) is 1. The number of nitrogens with zero attached hydrogens (tertiary/aromatic N) is 1. The average Bonchev–Trinajstić information content (AvgIpc) is 2.47. The molecule has 1 saturated heterocycles. The van der Waals surface area contributed by atoms with Crippen molar-refractivity contribution in [3.05, 3.63) is 29.3 Å². The number of hydrogen-bond donors (Lipinski definition) is 2. The van der Waals surface area contributed by atoms with Gasteiger partial charge in [-0.15, -0.1) is 0 Å². The van der Waals surface area contributed by atoms with Crippen LogP contribution in [0, 0.1) is 11.6 Å². The summed E-state index contributed by atoms with van der Waals surface area (Å²) in [6, 6.07) is 1.30. The Hall–Kier alpha value is -1.73. The second kappa shape index (κ2) is 8.05. The van der Waals surface area contributed by atoms with E-state index in [1.165, 1.54) is 0 Å². The molecule has 122 valence electrons. The summed E-state index contributed by atoms with van der Waals surface area (Å²) in [6.07, 6.45) is 1.64. The number of hydrogen-bond acceptors (Lipinski definition) is 4. The van der Waals surface area contributed by atoms with E-state index in [4.69, 9.17) is 4.74 Å². The molecule has 22 heavy (non-hydrogen) atoms. The van der Waals surface area contributed by atoms with E-state index in [1.54, 1.807) is 0 Å². The Morgan fingerprint density at radius 3 is 2.68 bits per heavy atom. The van der Waals surface area contributed by atoms with Crippen molar-refractivity contribution in [1.29, 1.82) is 0 Å². The fourth-order valence-corrected chi connectivity index (χ4v) is 2.36. The van der Waals surface area contributed by atoms with Gasteiger partial charge in [-0.2, -0.15) is 0 Å². The van der Waals surface area contributed by atoms with E-state index in [2.05, 4.69) is 10.2 Å². The number of aromatic hydroxyl groups is 1. The van der Waals surface area contributed by atoms with Crippen molar-refractivity contribution in [1.82, 2.24) is 10.2 Å². The highest BCUT2D eigenvalue weighted by Crippen LogP contribution is 2.21. The third-order valence-electron chi connectivity index (χ3n) is 3.55. The number of carbonyl (C=O) groups is 1. The van der Waals surface area contributed by atoms with E-state index < -0.39 is 28.9 Å². The van der Waals surface area contributed by atoms with Crippen LogP contribution in [-0.4, -0.2) is 55.3 Å². The standard InChI is InChI=1S/C15H20F2N2O3/c16-11-9-12(17)14(13(20)10-11)15(21)18-3-1-2-4-19-5-7-22-8-6-19/h9-10,20H,1-8H2,(H,18,21). The summed E-state index contributed by atoms with van der Waals surface area (Å²) in [5.41, 5.74) is -0.519. The smallest absolute Gasteiger partial charge is 0.258 e. The Labute approximate surface area is 127 Å². The maximum Gasteiger partial charge on any atom is 0.258 e. The predicted octanol–water partition coefficient (Wildman–Crippen LogP) is 1.51. The molecule has 0 saturated carbocycles. The first-order valence-corrected chi connectivity index (χ1v) is 7.34. The van der Waals surface area contributed by atoms with Gasteiger partial charge in [-0.25, -0.2) is 8.78 Å². The normalized spacial score (nSPS) is 15.7. The van der Waals surface area contributed by atoms with Gasteiger partial charge in [0.15, 0.2) is 0 Å². The van der Waals surface area contributed by atoms with Crippen LogP contribution in [0.5, 0.6) is 5.75 Å². The summed E-state index contributed by atoms with van der Waals surface area (Å²) in [5.74, 6) is -3.41. The number of phenolic OH excluding ortho intramolecular Hbond substituents is 1. The minimum absolute atomic E-state index is 0.374. The zero-order valence-corrected chi connectivity index (χ0v) is 12.3. The highest BCUT2D eigenvalue weighted by molar-refractivity contribution is 5.97. The van der Waals surface area contributed by atoms with Crippen LogP contribution in [0.1, 0.15) is 23.2 Å². The predicted molar refractivity (Wildman–Crippen MR) is 76.8 cm³/mol. The molecule has 2 rings (SSSR count). The Morgan fingerprint density at radius 1 is 1.27 bits per heavy atom. The number of unbranched alkanes of at least 4 members (excludes halogenated alkanes) is 1. The van der Waals surface area contributed by atoms with E-state index in [0.29, 0.717) is 12.6 Å². The second-order valence-electron chi connectivity index (χ2n) is 5.20. The molecular weight excluding hydrogens is 294 g/mol. The SMILES string of the molecule is O=C(NCCCCN1CCOCC1)c1c(O)cc(F)cc1F. The van der Waals surface area contributed by atoms with Crippen LogP contribution in [0.15, 0.2) is 12.1 Å². The number of phenols is 1. The van der Waals surface area contributed by atoms with Crippen molar-refractivity contribution >= 4 is 5.91 Å². The first-order valence-electron chi connectivity index (χ1n) is 7.34. The topological polar surface area (TPSA) is 61.8 Å². The van der Waals surface area contributed by atoms with E-state index in [-0.39, 0.29) is 0 Å². The molecule has 0 aromatic heterocycles. The van der Waals surface area contributed by atoms with Gasteiger partial charge in [0.25, 0.3) is 5.91 Å². The first-order chi connectivity index (χ1) is 10.6. The Morgan fingerprint density at radius 2 is 2.00 bits per heavy atom. The summed E-state index contributed by atoms with van der Waals surface area (Å²) in [5, 5.41) is 12.0. The molecule has 1 aliphatic heterocycles. The van der Waals surface area contributed by atoms with Crippen molar-refractivity contribution < 1.29 is 23.4 Å². The van der Waals surface area contributed by atoms with Crippen LogP contribution in [0.2, 0.25) is 0 Å². The molecule has 1 aromatic carbocycles. The monoisotopic (exact) mass is 314 g/mol. The molecule has 1 fully saturated rings. The molecule has 2 N–H and O–H groups in total. The first kappa shape index (κ1) is 16.6. The molecule has 1 aromatic rings. The molecule has 0 spiro atoms. The van der Waals surface area contributed by atoms with Crippen molar-refractivity contribution in [2.24, 2.45) is 0 Å². The highest BCUT2D eigenvalue weighted by Gasteiger charge is 2.18. The minimum atomic E-state index is -1.07. The maximum absolute atomic E-state index is 13.5. The van der Waals surface area contributed by atoms with Gasteiger partial charge in [-0.1, -0.05) is 0 Å². The zero-order chi connectivity index (χ0) is 15.9. The Balaban J connectivity index is 1.71. The van der Waals surface area contributed by atoms with Crippen LogP contribution >= 0.6 is 0 Å². The molecule has 1 amide bonds. The molecule has 1 aliphatic rings. The minimum Gasteiger partial charge on any atom is -0.507 e. The van der Waals surface area contributed by atoms with Crippen molar-refractivity contribution in [2.45, 2.75) is 12.8 Å². The third-order valence-corrected chi connectivity index (χ3v) is 3.55. The third kappa shape index (κ3) is 4.64. The van der Waals surface area contributed by atoms with Gasteiger partial charge < -0.3 is 15.2 Å². The van der Waals surface area contributed by atoms with E-state index in [0.717, 1.165) is 51.8 Å².